The first kappa shape index (κ1) is 25.1. The zero-order valence-corrected chi connectivity index (χ0v) is 20.1. The quantitative estimate of drug-likeness (QED) is 0.110. The molecule has 12 heteroatoms. The van der Waals surface area contributed by atoms with Crippen LogP contribution in [0.5, 0.6) is 0 Å². The predicted molar refractivity (Wildman–Crippen MR) is 133 cm³/mol. The van der Waals surface area contributed by atoms with Crippen LogP contribution in [0.1, 0.15) is 33.6 Å². The Morgan fingerprint density at radius 3 is 2.41 bits per heavy atom. The van der Waals surface area contributed by atoms with Gasteiger partial charge < -0.3 is 25.4 Å². The van der Waals surface area contributed by atoms with Crippen LogP contribution in [0.2, 0.25) is 0 Å². The number of nitrogen functional groups attached to an aromatic ring is 1. The van der Waals surface area contributed by atoms with Crippen LogP contribution in [0.25, 0.3) is 33.4 Å². The van der Waals surface area contributed by atoms with Gasteiger partial charge in [-0.25, -0.2) is 9.59 Å². The number of imide groups is 1. The largest absolute Gasteiger partial charge is 0.534 e. The molecule has 0 saturated carbocycles. The molecule has 1 aliphatic carbocycles. The number of Topliss-reactive ketones (excluding diaryl/α,β-unsaturated/α-hetero) is 1. The van der Waals surface area contributed by atoms with Crippen LogP contribution in [0.4, 0.5) is 10.5 Å². The number of hydrogen-bond donors (Lipinski definition) is 3. The van der Waals surface area contributed by atoms with Crippen molar-refractivity contribution in [1.29, 1.82) is 5.41 Å². The summed E-state index contributed by atoms with van der Waals surface area (Å²) in [4.78, 5) is 64.6. The van der Waals surface area contributed by atoms with Crippen molar-refractivity contribution >= 4 is 46.4 Å². The van der Waals surface area contributed by atoms with Crippen molar-refractivity contribution in [3.8, 4) is 22.5 Å². The van der Waals surface area contributed by atoms with E-state index in [9.17, 15) is 29.1 Å². The first-order valence-electron chi connectivity index (χ1n) is 11.5. The smallest absolute Gasteiger partial charge is 0.478 e. The van der Waals surface area contributed by atoms with E-state index in [0.717, 1.165) is 6.07 Å². The third kappa shape index (κ3) is 4.78. The molecule has 1 saturated heterocycles. The Labute approximate surface area is 218 Å². The van der Waals surface area contributed by atoms with Crippen LogP contribution in [-0.2, 0) is 19.2 Å². The molecule has 2 aliphatic heterocycles. The number of ketones is 1. The average Bonchev–Trinajstić information content (AvgIpc) is 3.21. The fourth-order valence-corrected chi connectivity index (χ4v) is 4.28. The Kier molecular flexibility index (Phi) is 6.28. The number of benzene rings is 3. The Bertz CT molecular complexity index is 1720. The first-order chi connectivity index (χ1) is 18.6. The zero-order valence-electron chi connectivity index (χ0n) is 20.1. The highest BCUT2D eigenvalue weighted by Gasteiger charge is 2.33. The number of nitrogens with zero attached hydrogens (tertiary/aromatic N) is 1. The molecule has 5 rings (SSSR count). The van der Waals surface area contributed by atoms with Gasteiger partial charge in [0.05, 0.1) is 10.9 Å². The van der Waals surface area contributed by atoms with Crippen molar-refractivity contribution in [3.05, 3.63) is 71.1 Å². The summed E-state index contributed by atoms with van der Waals surface area (Å²) < 4.78 is 10.7. The monoisotopic (exact) mass is 529 g/mol. The van der Waals surface area contributed by atoms with Gasteiger partial charge in [-0.15, -0.1) is 0 Å². The van der Waals surface area contributed by atoms with Gasteiger partial charge in [0.2, 0.25) is 0 Å². The van der Waals surface area contributed by atoms with Gasteiger partial charge in [0.15, 0.2) is 12.4 Å². The summed E-state index contributed by atoms with van der Waals surface area (Å²) in [7, 11) is 0. The summed E-state index contributed by atoms with van der Waals surface area (Å²) in [5, 5.41) is 19.0. The minimum absolute atomic E-state index is 0.0656. The molecule has 4 N–H and O–H groups in total. The van der Waals surface area contributed by atoms with Gasteiger partial charge >= 0.3 is 12.1 Å². The second-order valence-corrected chi connectivity index (χ2v) is 8.64. The van der Waals surface area contributed by atoms with Crippen molar-refractivity contribution in [2.75, 3.05) is 12.3 Å². The topological polar surface area (TPSA) is 190 Å². The molecule has 0 aromatic heterocycles. The van der Waals surface area contributed by atoms with Crippen LogP contribution in [0.3, 0.4) is 0 Å². The number of carbonyl (C=O) groups is 5. The number of rotatable bonds is 6. The lowest BCUT2D eigenvalue weighted by Gasteiger charge is -2.17. The van der Waals surface area contributed by atoms with Gasteiger partial charge in [0.1, 0.15) is 11.3 Å². The van der Waals surface area contributed by atoms with Crippen LogP contribution in [0, 0.1) is 5.41 Å². The van der Waals surface area contributed by atoms with Crippen molar-refractivity contribution in [1.82, 2.24) is 5.06 Å². The molecule has 2 heterocycles. The number of hydrogen-bond acceptors (Lipinski definition) is 10. The lowest BCUT2D eigenvalue weighted by molar-refractivity contribution is -0.176. The number of carboxylic acid groups (broad SMARTS) is 1. The number of fused-ring (bicyclic) bond motifs is 2. The average molecular weight is 529 g/mol. The number of nitrogens with two attached hydrogens (primary N) is 1. The van der Waals surface area contributed by atoms with E-state index in [-0.39, 0.29) is 40.0 Å². The molecule has 196 valence electrons. The highest BCUT2D eigenvalue weighted by Crippen LogP contribution is 2.41. The number of anilines is 1. The molecule has 2 aromatic rings. The zero-order chi connectivity index (χ0) is 27.8. The Morgan fingerprint density at radius 1 is 0.974 bits per heavy atom. The molecule has 12 nitrogen and oxygen atoms in total. The van der Waals surface area contributed by atoms with Crippen LogP contribution in [-0.4, -0.2) is 46.5 Å². The maximum atomic E-state index is 12.7. The number of carboxylic acids is 1. The minimum atomic E-state index is -1.43. The van der Waals surface area contributed by atoms with Gasteiger partial charge in [-0.3, -0.25) is 19.2 Å². The Morgan fingerprint density at radius 2 is 1.69 bits per heavy atom. The van der Waals surface area contributed by atoms with Crippen molar-refractivity contribution in [2.45, 2.75) is 12.8 Å². The number of carbonyl (C=O) groups excluding carboxylic acids is 4. The number of aromatic carboxylic acids is 1. The van der Waals surface area contributed by atoms with Crippen molar-refractivity contribution in [2.24, 2.45) is 0 Å². The molecule has 0 radical (unpaired) electrons. The lowest BCUT2D eigenvalue weighted by Crippen LogP contribution is -2.32. The van der Waals surface area contributed by atoms with Crippen LogP contribution >= 0.6 is 0 Å². The molecular formula is C27H19N3O9. The summed E-state index contributed by atoms with van der Waals surface area (Å²) in [6, 6.07) is 13.6. The summed E-state index contributed by atoms with van der Waals surface area (Å²) in [5.74, 6) is -3.14. The van der Waals surface area contributed by atoms with Crippen LogP contribution < -0.4 is 11.1 Å². The van der Waals surface area contributed by atoms with Gasteiger partial charge in [-0.05, 0) is 35.9 Å². The lowest BCUT2D eigenvalue weighted by atomic mass is 9.89. The summed E-state index contributed by atoms with van der Waals surface area (Å²) in [6.45, 7) is -0.824. The van der Waals surface area contributed by atoms with E-state index >= 15 is 0 Å². The molecule has 0 atom stereocenters. The fraction of sp³-hybridized carbons (Fsp3) is 0.111. The molecule has 2 aromatic carbocycles. The standard InChI is InChI=1S/C27H19N3O9/c28-14-2-5-17-21(10-14)38-22-11-15(29)3-6-18(22)25(17)16-4-1-13(9-19(16)26(34)35)20(31)12-37-27(36)39-30-23(32)7-8-24(30)33/h1-6,9-11,28H,7-8,12,29H2,(H,34,35). The van der Waals surface area contributed by atoms with E-state index in [0.29, 0.717) is 33.5 Å². The maximum Gasteiger partial charge on any atom is 0.534 e. The van der Waals surface area contributed by atoms with E-state index in [1.807, 2.05) is 0 Å². The van der Waals surface area contributed by atoms with Crippen molar-refractivity contribution in [3.63, 3.8) is 0 Å². The third-order valence-electron chi connectivity index (χ3n) is 6.08. The first-order valence-corrected chi connectivity index (χ1v) is 11.5. The second-order valence-electron chi connectivity index (χ2n) is 8.64. The molecule has 2 amide bonds. The maximum absolute atomic E-state index is 12.7. The van der Waals surface area contributed by atoms with Crippen molar-refractivity contribution < 1.29 is 43.1 Å². The van der Waals surface area contributed by atoms with Crippen LogP contribution in [0.15, 0.2) is 59.0 Å². The number of hydroxylamine groups is 2. The predicted octanol–water partition coefficient (Wildman–Crippen LogP) is 3.36. The van der Waals surface area contributed by atoms with E-state index in [4.69, 9.17) is 20.3 Å². The highest BCUT2D eigenvalue weighted by molar-refractivity contribution is 6.09. The fourth-order valence-electron chi connectivity index (χ4n) is 4.28. The molecule has 0 spiro atoms. The molecular weight excluding hydrogens is 510 g/mol. The minimum Gasteiger partial charge on any atom is -0.478 e. The molecule has 0 bridgehead atoms. The second kappa shape index (κ2) is 9.74. The number of ether oxygens (including phenoxy) is 1. The number of amides is 2. The Balaban J connectivity index is 1.49. The molecule has 39 heavy (non-hydrogen) atoms. The Hall–Kier alpha value is -5.52. The van der Waals surface area contributed by atoms with Gasteiger partial charge in [-0.1, -0.05) is 17.2 Å². The molecule has 3 aliphatic rings. The molecule has 0 unspecified atom stereocenters. The van der Waals surface area contributed by atoms with E-state index in [2.05, 4.69) is 4.84 Å². The highest BCUT2D eigenvalue weighted by atomic mass is 16.8. The SMILES string of the molecule is N=c1ccc2c(-c3ccc(C(=O)COC(=O)ON4C(=O)CCC4=O)cc3C(=O)O)c3ccc(N)cc3oc-2c1. The number of nitrogens with one attached hydrogen (secondary N) is 1. The van der Waals surface area contributed by atoms with E-state index < -0.39 is 36.3 Å². The van der Waals surface area contributed by atoms with Gasteiger partial charge in [-0.2, -0.15) is 0 Å². The summed E-state index contributed by atoms with van der Waals surface area (Å²) in [5.41, 5.74) is 7.77. The third-order valence-corrected chi connectivity index (χ3v) is 6.08. The summed E-state index contributed by atoms with van der Waals surface area (Å²) in [6.07, 6.45) is -1.64. The summed E-state index contributed by atoms with van der Waals surface area (Å²) >= 11 is 0. The molecule has 1 fully saturated rings. The van der Waals surface area contributed by atoms with E-state index in [1.165, 1.54) is 18.2 Å². The van der Waals surface area contributed by atoms with Gasteiger partial charge in [0, 0.05) is 52.7 Å². The van der Waals surface area contributed by atoms with E-state index in [1.54, 1.807) is 30.3 Å². The van der Waals surface area contributed by atoms with Gasteiger partial charge in [0.25, 0.3) is 11.8 Å². The normalized spacial score (nSPS) is 13.2.